The lowest BCUT2D eigenvalue weighted by Crippen LogP contribution is -2.12. The van der Waals surface area contributed by atoms with Crippen LogP contribution in [0.1, 0.15) is 20.3 Å². The SMILES string of the molecule is O=C(O)c1csc(C(=O)Nc2cnc3ccccc3c2)n1. The highest BCUT2D eigenvalue weighted by Gasteiger charge is 2.15. The second-order valence-corrected chi connectivity index (χ2v) is 5.07. The fourth-order valence-corrected chi connectivity index (χ4v) is 2.49. The summed E-state index contributed by atoms with van der Waals surface area (Å²) in [6.45, 7) is 0. The van der Waals surface area contributed by atoms with Crippen LogP contribution in [0.5, 0.6) is 0 Å². The van der Waals surface area contributed by atoms with Gasteiger partial charge in [0.1, 0.15) is 0 Å². The van der Waals surface area contributed by atoms with Gasteiger partial charge in [0.15, 0.2) is 10.7 Å². The Balaban J connectivity index is 1.83. The van der Waals surface area contributed by atoms with Crippen molar-refractivity contribution >= 4 is 39.8 Å². The Morgan fingerprint density at radius 1 is 1.24 bits per heavy atom. The molecule has 0 fully saturated rings. The minimum absolute atomic E-state index is 0.0977. The highest BCUT2D eigenvalue weighted by atomic mass is 32.1. The smallest absolute Gasteiger partial charge is 0.355 e. The second-order valence-electron chi connectivity index (χ2n) is 4.21. The van der Waals surface area contributed by atoms with Gasteiger partial charge in [0.25, 0.3) is 5.91 Å². The van der Waals surface area contributed by atoms with Crippen LogP contribution in [0.2, 0.25) is 0 Å². The number of para-hydroxylation sites is 1. The third kappa shape index (κ3) is 2.72. The first-order chi connectivity index (χ1) is 10.1. The predicted molar refractivity (Wildman–Crippen MR) is 78.8 cm³/mol. The van der Waals surface area contributed by atoms with Crippen molar-refractivity contribution in [2.45, 2.75) is 0 Å². The number of fused-ring (bicyclic) bond motifs is 1. The Labute approximate surface area is 123 Å². The molecule has 0 aliphatic carbocycles. The maximum atomic E-state index is 12.0. The number of aromatic nitrogens is 2. The largest absolute Gasteiger partial charge is 0.476 e. The number of benzene rings is 1. The van der Waals surface area contributed by atoms with Gasteiger partial charge in [-0.2, -0.15) is 0 Å². The van der Waals surface area contributed by atoms with Crippen molar-refractivity contribution in [3.05, 3.63) is 52.6 Å². The minimum Gasteiger partial charge on any atom is -0.476 e. The number of anilines is 1. The number of carbonyl (C=O) groups excluding carboxylic acids is 1. The molecule has 21 heavy (non-hydrogen) atoms. The number of carbonyl (C=O) groups is 2. The van der Waals surface area contributed by atoms with Crippen LogP contribution in [0, 0.1) is 0 Å². The van der Waals surface area contributed by atoms with E-state index in [9.17, 15) is 9.59 Å². The Bertz CT molecular complexity index is 844. The van der Waals surface area contributed by atoms with E-state index in [2.05, 4.69) is 15.3 Å². The summed E-state index contributed by atoms with van der Waals surface area (Å²) in [5.41, 5.74) is 1.23. The van der Waals surface area contributed by atoms with Crippen molar-refractivity contribution in [2.24, 2.45) is 0 Å². The summed E-state index contributed by atoms with van der Waals surface area (Å²) >= 11 is 0.984. The van der Waals surface area contributed by atoms with E-state index in [-0.39, 0.29) is 10.7 Å². The number of thiazole rings is 1. The monoisotopic (exact) mass is 299 g/mol. The molecule has 0 atom stereocenters. The molecule has 104 valence electrons. The number of rotatable bonds is 3. The highest BCUT2D eigenvalue weighted by molar-refractivity contribution is 7.12. The van der Waals surface area contributed by atoms with Crippen LogP contribution in [0.4, 0.5) is 5.69 Å². The van der Waals surface area contributed by atoms with E-state index in [4.69, 9.17) is 5.11 Å². The first-order valence-corrected chi connectivity index (χ1v) is 6.86. The number of amides is 1. The lowest BCUT2D eigenvalue weighted by molar-refractivity contribution is 0.0691. The topological polar surface area (TPSA) is 92.2 Å². The number of nitrogens with zero attached hydrogens (tertiary/aromatic N) is 2. The number of pyridine rings is 1. The molecule has 2 heterocycles. The molecule has 3 rings (SSSR count). The van der Waals surface area contributed by atoms with Crippen LogP contribution in [-0.2, 0) is 0 Å². The van der Waals surface area contributed by atoms with E-state index >= 15 is 0 Å². The Morgan fingerprint density at radius 2 is 2.05 bits per heavy atom. The lowest BCUT2D eigenvalue weighted by atomic mass is 10.2. The molecule has 0 spiro atoms. The number of carboxylic acid groups (broad SMARTS) is 1. The first kappa shape index (κ1) is 13.2. The lowest BCUT2D eigenvalue weighted by Gasteiger charge is -2.04. The Kier molecular flexibility index (Phi) is 3.33. The molecule has 0 radical (unpaired) electrons. The third-order valence-corrected chi connectivity index (χ3v) is 3.61. The van der Waals surface area contributed by atoms with Gasteiger partial charge < -0.3 is 10.4 Å². The zero-order valence-corrected chi connectivity index (χ0v) is 11.4. The van der Waals surface area contributed by atoms with E-state index in [1.165, 1.54) is 5.38 Å². The molecule has 6 nitrogen and oxygen atoms in total. The van der Waals surface area contributed by atoms with Crippen LogP contribution < -0.4 is 5.32 Å². The number of aromatic carboxylic acids is 1. The molecule has 2 N–H and O–H groups in total. The van der Waals surface area contributed by atoms with Gasteiger partial charge >= 0.3 is 5.97 Å². The molecular weight excluding hydrogens is 290 g/mol. The van der Waals surface area contributed by atoms with E-state index in [1.807, 2.05) is 24.3 Å². The fraction of sp³-hybridized carbons (Fsp3) is 0. The fourth-order valence-electron chi connectivity index (χ4n) is 1.80. The van der Waals surface area contributed by atoms with Crippen LogP contribution in [-0.4, -0.2) is 27.0 Å². The van der Waals surface area contributed by atoms with Gasteiger partial charge in [-0.1, -0.05) is 18.2 Å². The number of carboxylic acids is 1. The molecule has 0 bridgehead atoms. The average Bonchev–Trinajstić information content (AvgIpc) is 2.97. The molecular formula is C14H9N3O3S. The summed E-state index contributed by atoms with van der Waals surface area (Å²) < 4.78 is 0. The minimum atomic E-state index is -1.15. The zero-order valence-electron chi connectivity index (χ0n) is 10.6. The van der Waals surface area contributed by atoms with E-state index < -0.39 is 11.9 Å². The number of hydrogen-bond donors (Lipinski definition) is 2. The first-order valence-electron chi connectivity index (χ1n) is 5.98. The van der Waals surface area contributed by atoms with E-state index in [0.29, 0.717) is 5.69 Å². The summed E-state index contributed by atoms with van der Waals surface area (Å²) in [6.07, 6.45) is 1.55. The van der Waals surface area contributed by atoms with Crippen molar-refractivity contribution in [3.8, 4) is 0 Å². The molecule has 2 aromatic heterocycles. The molecule has 0 unspecified atom stereocenters. The van der Waals surface area contributed by atoms with Crippen molar-refractivity contribution in [2.75, 3.05) is 5.32 Å². The van der Waals surface area contributed by atoms with Crippen molar-refractivity contribution in [3.63, 3.8) is 0 Å². The maximum Gasteiger partial charge on any atom is 0.355 e. The summed E-state index contributed by atoms with van der Waals surface area (Å²) in [5, 5.41) is 13.8. The van der Waals surface area contributed by atoms with Crippen LogP contribution in [0.15, 0.2) is 41.9 Å². The highest BCUT2D eigenvalue weighted by Crippen LogP contribution is 2.17. The van der Waals surface area contributed by atoms with Crippen LogP contribution in [0.25, 0.3) is 10.9 Å². The van der Waals surface area contributed by atoms with Crippen molar-refractivity contribution < 1.29 is 14.7 Å². The Hall–Kier alpha value is -2.80. The van der Waals surface area contributed by atoms with Gasteiger partial charge in [-0.05, 0) is 12.1 Å². The third-order valence-electron chi connectivity index (χ3n) is 2.77. The van der Waals surface area contributed by atoms with Crippen LogP contribution >= 0.6 is 11.3 Å². The molecule has 1 amide bonds. The van der Waals surface area contributed by atoms with E-state index in [1.54, 1.807) is 12.3 Å². The van der Waals surface area contributed by atoms with Gasteiger partial charge in [0.05, 0.1) is 17.4 Å². The van der Waals surface area contributed by atoms with Gasteiger partial charge in [-0.25, -0.2) is 9.78 Å². The standard InChI is InChI=1S/C14H9N3O3S/c18-12(13-17-11(7-21-13)14(19)20)16-9-5-8-3-1-2-4-10(8)15-6-9/h1-7H,(H,16,18)(H,19,20). The van der Waals surface area contributed by atoms with Gasteiger partial charge in [-0.3, -0.25) is 9.78 Å². The molecule has 0 aliphatic heterocycles. The summed E-state index contributed by atoms with van der Waals surface area (Å²) in [5.74, 6) is -1.61. The van der Waals surface area contributed by atoms with Crippen molar-refractivity contribution in [1.82, 2.24) is 9.97 Å². The summed E-state index contributed by atoms with van der Waals surface area (Å²) in [6, 6.07) is 9.34. The molecule has 1 aromatic carbocycles. The normalized spacial score (nSPS) is 10.5. The second kappa shape index (κ2) is 5.29. The molecule has 0 saturated heterocycles. The molecule has 0 aliphatic rings. The average molecular weight is 299 g/mol. The van der Waals surface area contributed by atoms with Gasteiger partial charge in [-0.15, -0.1) is 11.3 Å². The number of nitrogens with one attached hydrogen (secondary N) is 1. The van der Waals surface area contributed by atoms with Gasteiger partial charge in [0.2, 0.25) is 0 Å². The Morgan fingerprint density at radius 3 is 2.81 bits per heavy atom. The molecule has 7 heteroatoms. The van der Waals surface area contributed by atoms with E-state index in [0.717, 1.165) is 22.2 Å². The van der Waals surface area contributed by atoms with Gasteiger partial charge in [0, 0.05) is 10.8 Å². The zero-order chi connectivity index (χ0) is 14.8. The number of hydrogen-bond acceptors (Lipinski definition) is 5. The quantitative estimate of drug-likeness (QED) is 0.775. The van der Waals surface area contributed by atoms with Crippen molar-refractivity contribution in [1.29, 1.82) is 0 Å². The molecule has 3 aromatic rings. The molecule has 0 saturated carbocycles. The maximum absolute atomic E-state index is 12.0. The van der Waals surface area contributed by atoms with Crippen LogP contribution in [0.3, 0.4) is 0 Å². The summed E-state index contributed by atoms with van der Waals surface area (Å²) in [7, 11) is 0. The summed E-state index contributed by atoms with van der Waals surface area (Å²) in [4.78, 5) is 30.7. The predicted octanol–water partition coefficient (Wildman–Crippen LogP) is 2.64.